The average molecular weight is 223 g/mol. The molecule has 0 aromatic heterocycles. The number of ketones is 2. The Labute approximate surface area is 73.9 Å². The van der Waals surface area contributed by atoms with Crippen LogP contribution in [0.25, 0.3) is 0 Å². The Hall–Kier alpha value is -0.220. The zero-order chi connectivity index (χ0) is 8.69. The van der Waals surface area contributed by atoms with Crippen LogP contribution in [0.1, 0.15) is 19.3 Å². The van der Waals surface area contributed by atoms with E-state index in [-0.39, 0.29) is 29.9 Å². The molecule has 0 fully saturated rings. The summed E-state index contributed by atoms with van der Waals surface area (Å²) >= 11 is 2.90. The summed E-state index contributed by atoms with van der Waals surface area (Å²) in [7, 11) is 0. The molecule has 0 aliphatic rings. The zero-order valence-corrected chi connectivity index (χ0v) is 7.76. The molecule has 0 saturated carbocycles. The number of carbonyl (C=O) groups excluding carboxylic acids is 2. The number of aliphatic hydroxyl groups excluding tert-OH is 1. The molecule has 0 amide bonds. The first-order chi connectivity index (χ1) is 5.22. The van der Waals surface area contributed by atoms with Crippen molar-refractivity contribution >= 4 is 27.5 Å². The van der Waals surface area contributed by atoms with Gasteiger partial charge in [0.15, 0.2) is 5.78 Å². The second-order valence-electron chi connectivity index (χ2n) is 2.16. The van der Waals surface area contributed by atoms with Crippen LogP contribution in [0.4, 0.5) is 0 Å². The summed E-state index contributed by atoms with van der Waals surface area (Å²) in [5, 5.41) is 8.47. The van der Waals surface area contributed by atoms with Crippen molar-refractivity contribution in [1.82, 2.24) is 0 Å². The minimum Gasteiger partial charge on any atom is -0.396 e. The molecular weight excluding hydrogens is 212 g/mol. The lowest BCUT2D eigenvalue weighted by Crippen LogP contribution is -2.14. The van der Waals surface area contributed by atoms with Crippen LogP contribution in [0, 0.1) is 0 Å². The van der Waals surface area contributed by atoms with Crippen molar-refractivity contribution in [3.8, 4) is 0 Å². The predicted molar refractivity (Wildman–Crippen MR) is 44.7 cm³/mol. The van der Waals surface area contributed by atoms with E-state index >= 15 is 0 Å². The molecule has 0 spiro atoms. The van der Waals surface area contributed by atoms with Crippen LogP contribution in [0.5, 0.6) is 0 Å². The molecule has 64 valence electrons. The van der Waals surface area contributed by atoms with Crippen LogP contribution in [0.3, 0.4) is 0 Å². The molecule has 0 rings (SSSR count). The molecule has 0 aromatic carbocycles. The van der Waals surface area contributed by atoms with E-state index in [0.29, 0.717) is 12.8 Å². The largest absolute Gasteiger partial charge is 0.396 e. The van der Waals surface area contributed by atoms with Crippen molar-refractivity contribution in [3.63, 3.8) is 0 Å². The number of Topliss-reactive ketones (excluding diaryl/α,β-unsaturated/α-hetero) is 2. The lowest BCUT2D eigenvalue weighted by Gasteiger charge is -1.95. The first-order valence-corrected chi connectivity index (χ1v) is 4.57. The maximum absolute atomic E-state index is 10.8. The van der Waals surface area contributed by atoms with E-state index in [2.05, 4.69) is 15.9 Å². The topological polar surface area (TPSA) is 54.4 Å². The van der Waals surface area contributed by atoms with Crippen LogP contribution < -0.4 is 0 Å². The number of aliphatic hydroxyl groups is 1. The van der Waals surface area contributed by atoms with Gasteiger partial charge in [0.05, 0.1) is 5.33 Å². The summed E-state index contributed by atoms with van der Waals surface area (Å²) in [6, 6.07) is 0. The van der Waals surface area contributed by atoms with E-state index in [0.717, 1.165) is 0 Å². The molecule has 1 N–H and O–H groups in total. The number of halogens is 1. The van der Waals surface area contributed by atoms with Gasteiger partial charge in [-0.15, -0.1) is 0 Å². The van der Waals surface area contributed by atoms with Gasteiger partial charge in [-0.3, -0.25) is 9.59 Å². The highest BCUT2D eigenvalue weighted by Crippen LogP contribution is 1.97. The number of hydrogen-bond acceptors (Lipinski definition) is 3. The van der Waals surface area contributed by atoms with E-state index in [9.17, 15) is 9.59 Å². The summed E-state index contributed by atoms with van der Waals surface area (Å²) in [6.07, 6.45) is 1.43. The third-order valence-corrected chi connectivity index (χ3v) is 1.75. The monoisotopic (exact) mass is 222 g/mol. The lowest BCUT2D eigenvalue weighted by molar-refractivity contribution is -0.135. The molecule has 11 heavy (non-hydrogen) atoms. The third kappa shape index (κ3) is 5.09. The molecule has 0 atom stereocenters. The first-order valence-electron chi connectivity index (χ1n) is 3.45. The van der Waals surface area contributed by atoms with Gasteiger partial charge < -0.3 is 5.11 Å². The average Bonchev–Trinajstić information content (AvgIpc) is 2.03. The van der Waals surface area contributed by atoms with Crippen LogP contribution >= 0.6 is 15.9 Å². The highest BCUT2D eigenvalue weighted by atomic mass is 79.9. The smallest absolute Gasteiger partial charge is 0.208 e. The van der Waals surface area contributed by atoms with E-state index in [4.69, 9.17) is 5.11 Å². The fourth-order valence-corrected chi connectivity index (χ4v) is 0.924. The fourth-order valence-electron chi connectivity index (χ4n) is 0.611. The Morgan fingerprint density at radius 1 is 1.18 bits per heavy atom. The summed E-state index contributed by atoms with van der Waals surface area (Å²) in [5.41, 5.74) is 0. The summed E-state index contributed by atoms with van der Waals surface area (Å²) in [5.74, 6) is -0.738. The molecule has 4 heteroatoms. The second-order valence-corrected chi connectivity index (χ2v) is 2.72. The van der Waals surface area contributed by atoms with E-state index in [1.807, 2.05) is 0 Å². The lowest BCUT2D eigenvalue weighted by atomic mass is 10.1. The van der Waals surface area contributed by atoms with Crippen LogP contribution in [-0.2, 0) is 9.59 Å². The highest BCUT2D eigenvalue weighted by Gasteiger charge is 2.10. The molecule has 0 heterocycles. The molecule has 0 aliphatic carbocycles. The third-order valence-electron chi connectivity index (χ3n) is 1.24. The summed E-state index contributed by atoms with van der Waals surface area (Å²) in [6.45, 7) is 0.0791. The maximum atomic E-state index is 10.8. The molecule has 0 bridgehead atoms. The molecule has 0 unspecified atom stereocenters. The van der Waals surface area contributed by atoms with Gasteiger partial charge in [0.1, 0.15) is 0 Å². The van der Waals surface area contributed by atoms with Crippen LogP contribution in [0.2, 0.25) is 0 Å². The maximum Gasteiger partial charge on any atom is 0.208 e. The Bertz CT molecular complexity index is 145. The van der Waals surface area contributed by atoms with E-state index in [1.165, 1.54) is 0 Å². The van der Waals surface area contributed by atoms with Crippen molar-refractivity contribution in [2.45, 2.75) is 19.3 Å². The van der Waals surface area contributed by atoms with Gasteiger partial charge in [-0.05, 0) is 12.8 Å². The standard InChI is InChI=1S/C7H11BrO3/c8-5-7(11)6(10)3-1-2-4-9/h9H,1-5H2. The van der Waals surface area contributed by atoms with Gasteiger partial charge in [-0.25, -0.2) is 0 Å². The quantitative estimate of drug-likeness (QED) is 0.409. The van der Waals surface area contributed by atoms with E-state index < -0.39 is 0 Å². The fraction of sp³-hybridized carbons (Fsp3) is 0.714. The molecule has 0 radical (unpaired) electrons. The molecule has 0 aliphatic heterocycles. The number of alkyl halides is 1. The van der Waals surface area contributed by atoms with Crippen LogP contribution in [0.15, 0.2) is 0 Å². The second kappa shape index (κ2) is 6.49. The van der Waals surface area contributed by atoms with Crippen molar-refractivity contribution in [1.29, 1.82) is 0 Å². The molecule has 3 nitrogen and oxygen atoms in total. The number of rotatable bonds is 6. The van der Waals surface area contributed by atoms with Crippen LogP contribution in [-0.4, -0.2) is 28.6 Å². The minimum atomic E-state index is -0.386. The summed E-state index contributed by atoms with van der Waals surface area (Å²) in [4.78, 5) is 21.4. The van der Waals surface area contributed by atoms with Crippen molar-refractivity contribution in [2.75, 3.05) is 11.9 Å². The molecular formula is C7H11BrO3. The van der Waals surface area contributed by atoms with Gasteiger partial charge in [-0.2, -0.15) is 0 Å². The van der Waals surface area contributed by atoms with Gasteiger partial charge in [-0.1, -0.05) is 15.9 Å². The minimum absolute atomic E-state index is 0.0791. The number of hydrogen-bond donors (Lipinski definition) is 1. The SMILES string of the molecule is O=C(CBr)C(=O)CCCCO. The number of unbranched alkanes of at least 4 members (excludes halogenated alkanes) is 1. The van der Waals surface area contributed by atoms with E-state index in [1.54, 1.807) is 0 Å². The Morgan fingerprint density at radius 3 is 2.27 bits per heavy atom. The van der Waals surface area contributed by atoms with Crippen molar-refractivity contribution in [3.05, 3.63) is 0 Å². The van der Waals surface area contributed by atoms with Gasteiger partial charge in [0, 0.05) is 13.0 Å². The Kier molecular flexibility index (Phi) is 6.36. The van der Waals surface area contributed by atoms with Crippen molar-refractivity contribution < 1.29 is 14.7 Å². The highest BCUT2D eigenvalue weighted by molar-refractivity contribution is 9.09. The van der Waals surface area contributed by atoms with Gasteiger partial charge in [0.2, 0.25) is 5.78 Å². The zero-order valence-electron chi connectivity index (χ0n) is 6.18. The molecule has 0 saturated heterocycles. The Morgan fingerprint density at radius 2 is 1.82 bits per heavy atom. The normalized spacial score (nSPS) is 9.64. The van der Waals surface area contributed by atoms with Crippen molar-refractivity contribution in [2.24, 2.45) is 0 Å². The predicted octanol–water partition coefficient (Wildman–Crippen LogP) is 0.682. The Balaban J connectivity index is 3.44. The summed E-state index contributed by atoms with van der Waals surface area (Å²) < 4.78 is 0. The van der Waals surface area contributed by atoms with Gasteiger partial charge in [0.25, 0.3) is 0 Å². The number of carbonyl (C=O) groups is 2. The first kappa shape index (κ1) is 10.8. The van der Waals surface area contributed by atoms with Gasteiger partial charge >= 0.3 is 0 Å². The molecule has 0 aromatic rings.